The minimum absolute atomic E-state index is 0.0435. The Morgan fingerprint density at radius 1 is 1.29 bits per heavy atom. The van der Waals surface area contributed by atoms with E-state index in [0.29, 0.717) is 17.4 Å². The van der Waals surface area contributed by atoms with Gasteiger partial charge in [-0.1, -0.05) is 30.3 Å². The number of carbonyl (C=O) groups is 1. The molecule has 1 saturated heterocycles. The molecule has 21 heavy (non-hydrogen) atoms. The molecule has 0 spiro atoms. The highest BCUT2D eigenvalue weighted by Crippen LogP contribution is 2.27. The minimum Gasteiger partial charge on any atom is -0.372 e. The maximum atomic E-state index is 12.5. The number of likely N-dealkylation sites (tertiary alicyclic amines) is 1. The van der Waals surface area contributed by atoms with Crippen molar-refractivity contribution >= 4 is 11.7 Å². The molecule has 1 N–H and O–H groups in total. The first-order valence-electron chi connectivity index (χ1n) is 7.12. The molecule has 0 radical (unpaired) electrons. The zero-order valence-corrected chi connectivity index (χ0v) is 12.0. The molecule has 2 aromatic rings. The lowest BCUT2D eigenvalue weighted by Gasteiger charge is -2.16. The largest absolute Gasteiger partial charge is 0.372 e. The summed E-state index contributed by atoms with van der Waals surface area (Å²) in [6.45, 7) is 1.51. The third kappa shape index (κ3) is 2.86. The Kier molecular flexibility index (Phi) is 3.81. The number of amides is 1. The quantitative estimate of drug-likeness (QED) is 0.937. The smallest absolute Gasteiger partial charge is 0.274 e. The van der Waals surface area contributed by atoms with Gasteiger partial charge in [-0.3, -0.25) is 9.78 Å². The van der Waals surface area contributed by atoms with E-state index in [0.717, 1.165) is 19.5 Å². The van der Waals surface area contributed by atoms with Crippen LogP contribution >= 0.6 is 0 Å². The first kappa shape index (κ1) is 13.5. The average molecular weight is 282 g/mol. The van der Waals surface area contributed by atoms with Gasteiger partial charge in [-0.05, 0) is 12.0 Å². The highest BCUT2D eigenvalue weighted by Gasteiger charge is 2.28. The Morgan fingerprint density at radius 3 is 2.86 bits per heavy atom. The van der Waals surface area contributed by atoms with E-state index >= 15 is 0 Å². The summed E-state index contributed by atoms with van der Waals surface area (Å²) < 4.78 is 0. The van der Waals surface area contributed by atoms with Crippen molar-refractivity contribution in [3.05, 3.63) is 54.0 Å². The van der Waals surface area contributed by atoms with Gasteiger partial charge >= 0.3 is 0 Å². The Labute approximate surface area is 124 Å². The van der Waals surface area contributed by atoms with E-state index in [9.17, 15) is 4.79 Å². The summed E-state index contributed by atoms with van der Waals surface area (Å²) in [6, 6.07) is 10.4. The molecule has 0 bridgehead atoms. The normalized spacial score (nSPS) is 17.8. The number of rotatable bonds is 3. The fraction of sp³-hybridized carbons (Fsp3) is 0.312. The number of hydrogen-bond acceptors (Lipinski definition) is 4. The zero-order chi connectivity index (χ0) is 14.7. The molecule has 108 valence electrons. The number of carbonyl (C=O) groups excluding carboxylic acids is 1. The van der Waals surface area contributed by atoms with Crippen LogP contribution in [0.4, 0.5) is 5.82 Å². The number of hydrogen-bond donors (Lipinski definition) is 1. The number of anilines is 1. The molecule has 1 amide bonds. The van der Waals surface area contributed by atoms with Gasteiger partial charge in [0.25, 0.3) is 5.91 Å². The van der Waals surface area contributed by atoms with E-state index < -0.39 is 0 Å². The SMILES string of the molecule is CNc1cncc(C(=O)N2CCC(c3ccccc3)C2)n1. The van der Waals surface area contributed by atoms with E-state index in [1.54, 1.807) is 13.2 Å². The standard InChI is InChI=1S/C16H18N4O/c1-17-15-10-18-9-14(19-15)16(21)20-8-7-13(11-20)12-5-3-2-4-6-12/h2-6,9-10,13H,7-8,11H2,1H3,(H,17,19). The van der Waals surface area contributed by atoms with Gasteiger partial charge in [0.15, 0.2) is 0 Å². The lowest BCUT2D eigenvalue weighted by molar-refractivity contribution is 0.0784. The highest BCUT2D eigenvalue weighted by molar-refractivity contribution is 5.92. The molecule has 1 atom stereocenters. The van der Waals surface area contributed by atoms with Crippen molar-refractivity contribution < 1.29 is 4.79 Å². The van der Waals surface area contributed by atoms with E-state index in [-0.39, 0.29) is 5.91 Å². The number of nitrogens with zero attached hydrogens (tertiary/aromatic N) is 3. The Bertz CT molecular complexity index is 629. The molecule has 1 aliphatic rings. The van der Waals surface area contributed by atoms with Gasteiger partial charge in [-0.2, -0.15) is 0 Å². The van der Waals surface area contributed by atoms with Crippen molar-refractivity contribution in [2.24, 2.45) is 0 Å². The van der Waals surface area contributed by atoms with Crippen LogP contribution in [-0.4, -0.2) is 40.9 Å². The second kappa shape index (κ2) is 5.91. The number of aromatic nitrogens is 2. The second-order valence-electron chi connectivity index (χ2n) is 5.19. The van der Waals surface area contributed by atoms with Crippen LogP contribution in [0.1, 0.15) is 28.4 Å². The molecule has 1 aromatic carbocycles. The molecule has 5 heteroatoms. The average Bonchev–Trinajstić information content (AvgIpc) is 3.05. The van der Waals surface area contributed by atoms with Crippen molar-refractivity contribution in [2.45, 2.75) is 12.3 Å². The molecule has 2 heterocycles. The maximum Gasteiger partial charge on any atom is 0.274 e. The van der Waals surface area contributed by atoms with Gasteiger partial charge < -0.3 is 10.2 Å². The third-order valence-corrected chi connectivity index (χ3v) is 3.86. The predicted molar refractivity (Wildman–Crippen MR) is 81.3 cm³/mol. The van der Waals surface area contributed by atoms with Crippen LogP contribution < -0.4 is 5.32 Å². The summed E-state index contributed by atoms with van der Waals surface area (Å²) in [7, 11) is 1.76. The summed E-state index contributed by atoms with van der Waals surface area (Å²) in [4.78, 5) is 22.7. The summed E-state index contributed by atoms with van der Waals surface area (Å²) in [6.07, 6.45) is 4.13. The minimum atomic E-state index is -0.0435. The molecule has 3 rings (SSSR count). The van der Waals surface area contributed by atoms with Crippen molar-refractivity contribution in [1.29, 1.82) is 0 Å². The van der Waals surface area contributed by atoms with Crippen LogP contribution in [0.3, 0.4) is 0 Å². The number of nitrogens with one attached hydrogen (secondary N) is 1. The Morgan fingerprint density at radius 2 is 2.10 bits per heavy atom. The Balaban J connectivity index is 1.72. The topological polar surface area (TPSA) is 58.1 Å². The first-order chi connectivity index (χ1) is 10.3. The van der Waals surface area contributed by atoms with Gasteiger partial charge in [-0.15, -0.1) is 0 Å². The fourth-order valence-corrected chi connectivity index (χ4v) is 2.69. The lowest BCUT2D eigenvalue weighted by atomic mass is 9.99. The number of benzene rings is 1. The van der Waals surface area contributed by atoms with Crippen molar-refractivity contribution in [3.63, 3.8) is 0 Å². The molecular formula is C16H18N4O. The van der Waals surface area contributed by atoms with Crippen molar-refractivity contribution in [3.8, 4) is 0 Å². The molecule has 5 nitrogen and oxygen atoms in total. The van der Waals surface area contributed by atoms with Crippen molar-refractivity contribution in [1.82, 2.24) is 14.9 Å². The molecule has 1 aliphatic heterocycles. The molecule has 0 aliphatic carbocycles. The predicted octanol–water partition coefficient (Wildman–Crippen LogP) is 2.15. The van der Waals surface area contributed by atoms with Crippen LogP contribution in [0.15, 0.2) is 42.7 Å². The lowest BCUT2D eigenvalue weighted by Crippen LogP contribution is -2.29. The van der Waals surface area contributed by atoms with E-state index in [1.807, 2.05) is 23.1 Å². The van der Waals surface area contributed by atoms with Crippen LogP contribution in [0.2, 0.25) is 0 Å². The van der Waals surface area contributed by atoms with Crippen LogP contribution in [-0.2, 0) is 0 Å². The van der Waals surface area contributed by atoms with Gasteiger partial charge in [0.2, 0.25) is 0 Å². The van der Waals surface area contributed by atoms with Gasteiger partial charge in [0.05, 0.1) is 12.4 Å². The molecule has 1 fully saturated rings. The highest BCUT2D eigenvalue weighted by atomic mass is 16.2. The van der Waals surface area contributed by atoms with Crippen LogP contribution in [0.25, 0.3) is 0 Å². The molecule has 0 saturated carbocycles. The van der Waals surface area contributed by atoms with Crippen LogP contribution in [0, 0.1) is 0 Å². The molecule has 1 aromatic heterocycles. The Hall–Kier alpha value is -2.43. The van der Waals surface area contributed by atoms with E-state index in [1.165, 1.54) is 11.8 Å². The van der Waals surface area contributed by atoms with E-state index in [2.05, 4.69) is 27.4 Å². The monoisotopic (exact) mass is 282 g/mol. The molecular weight excluding hydrogens is 264 g/mol. The van der Waals surface area contributed by atoms with Gasteiger partial charge in [0, 0.05) is 26.1 Å². The van der Waals surface area contributed by atoms with Gasteiger partial charge in [0.1, 0.15) is 11.5 Å². The van der Waals surface area contributed by atoms with E-state index in [4.69, 9.17) is 0 Å². The summed E-state index contributed by atoms with van der Waals surface area (Å²) >= 11 is 0. The molecule has 1 unspecified atom stereocenters. The summed E-state index contributed by atoms with van der Waals surface area (Å²) in [5.74, 6) is 0.980. The van der Waals surface area contributed by atoms with Crippen molar-refractivity contribution in [2.75, 3.05) is 25.5 Å². The zero-order valence-electron chi connectivity index (χ0n) is 12.0. The fourth-order valence-electron chi connectivity index (χ4n) is 2.69. The third-order valence-electron chi connectivity index (χ3n) is 3.86. The first-order valence-corrected chi connectivity index (χ1v) is 7.12. The second-order valence-corrected chi connectivity index (χ2v) is 5.19. The van der Waals surface area contributed by atoms with Gasteiger partial charge in [-0.25, -0.2) is 4.98 Å². The maximum absolute atomic E-state index is 12.5. The summed E-state index contributed by atoms with van der Waals surface area (Å²) in [5.41, 5.74) is 1.69. The van der Waals surface area contributed by atoms with Crippen LogP contribution in [0.5, 0.6) is 0 Å². The summed E-state index contributed by atoms with van der Waals surface area (Å²) in [5, 5.41) is 2.90.